The van der Waals surface area contributed by atoms with Crippen LogP contribution in [0, 0.1) is 0 Å². The molecule has 1 heterocycles. The second-order valence-corrected chi connectivity index (χ2v) is 4.13. The maximum absolute atomic E-state index is 10.6. The van der Waals surface area contributed by atoms with Crippen molar-refractivity contribution < 1.29 is 13.2 Å². The minimum atomic E-state index is -3.06. The third-order valence-electron chi connectivity index (χ3n) is 1.17. The monoisotopic (exact) mass is 148 g/mol. The van der Waals surface area contributed by atoms with Crippen LogP contribution in [0.3, 0.4) is 0 Å². The van der Waals surface area contributed by atoms with Gasteiger partial charge in [-0.2, -0.15) is 0 Å². The predicted octanol–water partition coefficient (Wildman–Crippen LogP) is -0.0565. The maximum atomic E-state index is 10.6. The molecule has 0 radical (unpaired) electrons. The van der Waals surface area contributed by atoms with Crippen LogP contribution in [0.4, 0.5) is 0 Å². The Hall–Kier alpha value is -0.350. The van der Waals surface area contributed by atoms with Crippen LogP contribution in [0.25, 0.3) is 0 Å². The first-order chi connectivity index (χ1) is 4.02. The van der Waals surface area contributed by atoms with Gasteiger partial charge in [0.05, 0.1) is 11.5 Å². The Labute approximate surface area is 54.2 Å². The predicted molar refractivity (Wildman–Crippen MR) is 33.7 cm³/mol. The lowest BCUT2D eigenvalue weighted by atomic mass is 10.5. The summed E-state index contributed by atoms with van der Waals surface area (Å²) in [6.45, 7) is 3.88. The third kappa shape index (κ3) is 1.53. The fourth-order valence-electron chi connectivity index (χ4n) is 0.473. The molecule has 9 heavy (non-hydrogen) atoms. The molecule has 1 aliphatic heterocycles. The molecule has 0 aliphatic carbocycles. The van der Waals surface area contributed by atoms with Gasteiger partial charge in [-0.15, -0.1) is 0 Å². The van der Waals surface area contributed by atoms with Crippen LogP contribution in [-0.2, 0) is 14.6 Å². The Balaban J connectivity index is 2.73. The van der Waals surface area contributed by atoms with Gasteiger partial charge in [-0.1, -0.05) is 6.58 Å². The molecule has 1 unspecified atom stereocenters. The van der Waals surface area contributed by atoms with Gasteiger partial charge in [0.1, 0.15) is 6.10 Å². The molecule has 0 amide bonds. The number of rotatable bonds is 2. The summed E-state index contributed by atoms with van der Waals surface area (Å²) < 4.78 is 26.0. The lowest BCUT2D eigenvalue weighted by molar-refractivity contribution is 0.436. The first kappa shape index (κ1) is 6.77. The van der Waals surface area contributed by atoms with Crippen LogP contribution in [0.15, 0.2) is 11.5 Å². The summed E-state index contributed by atoms with van der Waals surface area (Å²) >= 11 is 0. The zero-order chi connectivity index (χ0) is 7.07. The summed E-state index contributed by atoms with van der Waals surface area (Å²) in [5, 5.41) is 0. The van der Waals surface area contributed by atoms with E-state index in [-0.39, 0.29) is 11.0 Å². The smallest absolute Gasteiger partial charge is 0.173 e. The van der Waals surface area contributed by atoms with Crippen molar-refractivity contribution >= 4 is 9.84 Å². The highest BCUT2D eigenvalue weighted by Crippen LogP contribution is 2.21. The van der Waals surface area contributed by atoms with Crippen LogP contribution in [-0.4, -0.2) is 27.4 Å². The number of ether oxygens (including phenoxy) is 1. The van der Waals surface area contributed by atoms with E-state index in [4.69, 9.17) is 4.74 Å². The second-order valence-electron chi connectivity index (χ2n) is 2.06. The van der Waals surface area contributed by atoms with Gasteiger partial charge < -0.3 is 4.74 Å². The van der Waals surface area contributed by atoms with E-state index < -0.39 is 9.84 Å². The molecule has 4 heteroatoms. The van der Waals surface area contributed by atoms with Gasteiger partial charge in [0.15, 0.2) is 9.84 Å². The Kier molecular flexibility index (Phi) is 1.36. The summed E-state index contributed by atoms with van der Waals surface area (Å²) in [6.07, 6.45) is 0.914. The van der Waals surface area contributed by atoms with Crippen LogP contribution in [0.5, 0.6) is 0 Å². The first-order valence-electron chi connectivity index (χ1n) is 2.52. The van der Waals surface area contributed by atoms with Gasteiger partial charge in [0.2, 0.25) is 0 Å². The fourth-order valence-corrected chi connectivity index (χ4v) is 1.09. The van der Waals surface area contributed by atoms with E-state index >= 15 is 0 Å². The molecule has 1 fully saturated rings. The average molecular weight is 148 g/mol. The van der Waals surface area contributed by atoms with E-state index in [2.05, 4.69) is 6.58 Å². The largest absolute Gasteiger partial charge is 0.367 e. The lowest BCUT2D eigenvalue weighted by Crippen LogP contribution is -2.04. The maximum Gasteiger partial charge on any atom is 0.173 e. The topological polar surface area (TPSA) is 46.7 Å². The molecule has 0 aromatic heterocycles. The van der Waals surface area contributed by atoms with E-state index in [1.807, 2.05) is 0 Å². The highest BCUT2D eigenvalue weighted by molar-refractivity contribution is 7.94. The van der Waals surface area contributed by atoms with Crippen molar-refractivity contribution in [2.24, 2.45) is 0 Å². The molecule has 1 saturated heterocycles. The lowest BCUT2D eigenvalue weighted by Gasteiger charge is -1.94. The Morgan fingerprint density at radius 1 is 1.78 bits per heavy atom. The molecule has 0 bridgehead atoms. The van der Waals surface area contributed by atoms with Crippen LogP contribution < -0.4 is 0 Å². The van der Waals surface area contributed by atoms with Gasteiger partial charge >= 0.3 is 0 Å². The van der Waals surface area contributed by atoms with Crippen LogP contribution in [0.2, 0.25) is 0 Å². The second kappa shape index (κ2) is 1.82. The molecule has 0 aromatic rings. The van der Waals surface area contributed by atoms with E-state index in [1.54, 1.807) is 0 Å². The molecule has 3 nitrogen and oxygen atoms in total. The molecular weight excluding hydrogens is 140 g/mol. The zero-order valence-corrected chi connectivity index (χ0v) is 5.94. The van der Waals surface area contributed by atoms with Crippen LogP contribution in [0.1, 0.15) is 0 Å². The summed E-state index contributed by atoms with van der Waals surface area (Å²) in [6, 6.07) is 0. The van der Waals surface area contributed by atoms with E-state index in [1.165, 1.54) is 0 Å². The van der Waals surface area contributed by atoms with Gasteiger partial charge in [0, 0.05) is 6.26 Å². The Morgan fingerprint density at radius 2 is 2.22 bits per heavy atom. The van der Waals surface area contributed by atoms with Gasteiger partial charge in [-0.05, 0) is 0 Å². The summed E-state index contributed by atoms with van der Waals surface area (Å²) in [4.78, 5) is 0.197. The van der Waals surface area contributed by atoms with E-state index in [0.717, 1.165) is 6.26 Å². The number of hydrogen-bond acceptors (Lipinski definition) is 3. The van der Waals surface area contributed by atoms with Crippen molar-refractivity contribution in [2.75, 3.05) is 12.9 Å². The van der Waals surface area contributed by atoms with Gasteiger partial charge in [0.25, 0.3) is 0 Å². The summed E-state index contributed by atoms with van der Waals surface area (Å²) in [7, 11) is -3.06. The van der Waals surface area contributed by atoms with Gasteiger partial charge in [-0.25, -0.2) is 8.42 Å². The van der Waals surface area contributed by atoms with Gasteiger partial charge in [-0.3, -0.25) is 0 Å². The SMILES string of the molecule is C=C(C1CO1)S(C)(=O)=O. The minimum Gasteiger partial charge on any atom is -0.367 e. The fraction of sp³-hybridized carbons (Fsp3) is 0.600. The molecule has 0 N–H and O–H groups in total. The molecule has 0 aromatic carbocycles. The molecule has 1 aliphatic rings. The highest BCUT2D eigenvalue weighted by atomic mass is 32.2. The normalized spacial score (nSPS) is 25.7. The summed E-state index contributed by atoms with van der Waals surface area (Å²) in [5.41, 5.74) is 0. The van der Waals surface area contributed by atoms with Crippen molar-refractivity contribution in [3.63, 3.8) is 0 Å². The average Bonchev–Trinajstić information content (AvgIpc) is 2.40. The molecule has 0 saturated carbocycles. The Morgan fingerprint density at radius 3 is 2.33 bits per heavy atom. The van der Waals surface area contributed by atoms with E-state index in [0.29, 0.717) is 6.61 Å². The van der Waals surface area contributed by atoms with Crippen molar-refractivity contribution in [2.45, 2.75) is 6.10 Å². The van der Waals surface area contributed by atoms with E-state index in [9.17, 15) is 8.42 Å². The number of hydrogen-bond donors (Lipinski definition) is 0. The third-order valence-corrected chi connectivity index (χ3v) is 2.38. The minimum absolute atomic E-state index is 0.197. The molecule has 0 spiro atoms. The van der Waals surface area contributed by atoms with Crippen molar-refractivity contribution in [1.82, 2.24) is 0 Å². The number of epoxide rings is 1. The standard InChI is InChI=1S/C5H8O3S/c1-4(5-3-8-5)9(2,6)7/h5H,1,3H2,2H3. The van der Waals surface area contributed by atoms with Crippen molar-refractivity contribution in [3.05, 3.63) is 11.5 Å². The molecule has 1 atom stereocenters. The molecule has 1 rings (SSSR count). The quantitative estimate of drug-likeness (QED) is 0.515. The Bertz CT molecular complexity index is 223. The van der Waals surface area contributed by atoms with Crippen molar-refractivity contribution in [1.29, 1.82) is 0 Å². The zero-order valence-electron chi connectivity index (χ0n) is 5.12. The number of sulfone groups is 1. The summed E-state index contributed by atoms with van der Waals surface area (Å²) in [5.74, 6) is 0. The molecule has 52 valence electrons. The van der Waals surface area contributed by atoms with Crippen molar-refractivity contribution in [3.8, 4) is 0 Å². The molecular formula is C5H8O3S. The first-order valence-corrected chi connectivity index (χ1v) is 4.41. The van der Waals surface area contributed by atoms with Crippen LogP contribution >= 0.6 is 0 Å². The highest BCUT2D eigenvalue weighted by Gasteiger charge is 2.31.